The standard InChI is InChI=1S/C35H43ClN4O4/c1-22-10-7-15-27(23(22)2)38-33(42)31-35-17-16-28(44-35)29(32(41)37-26-14-8-13-25(36)20-26)30(35)34(43)40(31)19-9-18-39(3)21-24-11-5-4-6-12-24/h4-6,8,11-14,16-17,20,22-23,27-31H,7,9-10,15,18-19,21H2,1-3H3,(H,37,41)(H,38,42)/t22-,23-,27+,28+,29-,30+,31+,35+/m1/s1. The summed E-state index contributed by atoms with van der Waals surface area (Å²) < 4.78 is 6.53. The van der Waals surface area contributed by atoms with Gasteiger partial charge in [0.2, 0.25) is 17.7 Å². The lowest BCUT2D eigenvalue weighted by atomic mass is 9.73. The summed E-state index contributed by atoms with van der Waals surface area (Å²) in [4.78, 5) is 46.2. The first kappa shape index (κ1) is 30.8. The fourth-order valence-electron chi connectivity index (χ4n) is 7.83. The second kappa shape index (κ2) is 12.7. The van der Waals surface area contributed by atoms with Gasteiger partial charge < -0.3 is 25.2 Å². The highest BCUT2D eigenvalue weighted by Crippen LogP contribution is 2.55. The van der Waals surface area contributed by atoms with Crippen LogP contribution in [0.2, 0.25) is 5.02 Å². The lowest BCUT2D eigenvalue weighted by molar-refractivity contribution is -0.141. The van der Waals surface area contributed by atoms with Gasteiger partial charge in [0.15, 0.2) is 0 Å². The summed E-state index contributed by atoms with van der Waals surface area (Å²) in [5.74, 6) is -1.37. The molecule has 0 aromatic heterocycles. The predicted molar refractivity (Wildman–Crippen MR) is 171 cm³/mol. The topological polar surface area (TPSA) is 91.0 Å². The van der Waals surface area contributed by atoms with Crippen LogP contribution >= 0.6 is 11.6 Å². The molecule has 8 atom stereocenters. The van der Waals surface area contributed by atoms with Gasteiger partial charge in [-0.2, -0.15) is 0 Å². The van der Waals surface area contributed by atoms with E-state index in [2.05, 4.69) is 48.6 Å². The van der Waals surface area contributed by atoms with Crippen molar-refractivity contribution in [1.29, 1.82) is 0 Å². The van der Waals surface area contributed by atoms with Crippen molar-refractivity contribution in [1.82, 2.24) is 15.1 Å². The summed E-state index contributed by atoms with van der Waals surface area (Å²) in [5.41, 5.74) is 0.598. The fourth-order valence-corrected chi connectivity index (χ4v) is 8.02. The Kier molecular flexibility index (Phi) is 8.86. The first-order chi connectivity index (χ1) is 21.2. The number of rotatable bonds is 10. The lowest BCUT2D eigenvalue weighted by Gasteiger charge is -2.38. The van der Waals surface area contributed by atoms with Gasteiger partial charge in [-0.15, -0.1) is 0 Å². The van der Waals surface area contributed by atoms with Crippen LogP contribution in [0.4, 0.5) is 5.69 Å². The summed E-state index contributed by atoms with van der Waals surface area (Å²) in [5, 5.41) is 6.78. The largest absolute Gasteiger partial charge is 0.359 e. The molecule has 3 fully saturated rings. The number of carbonyl (C=O) groups is 3. The number of fused-ring (bicyclic) bond motifs is 1. The lowest BCUT2D eigenvalue weighted by Crippen LogP contribution is -2.58. The van der Waals surface area contributed by atoms with Crippen LogP contribution in [0, 0.1) is 23.7 Å². The molecule has 2 bridgehead atoms. The third kappa shape index (κ3) is 5.80. The Morgan fingerprint density at radius 3 is 2.66 bits per heavy atom. The maximum atomic E-state index is 14.3. The molecule has 44 heavy (non-hydrogen) atoms. The number of halogens is 1. The van der Waals surface area contributed by atoms with Crippen LogP contribution in [0.25, 0.3) is 0 Å². The van der Waals surface area contributed by atoms with E-state index in [4.69, 9.17) is 16.3 Å². The van der Waals surface area contributed by atoms with E-state index in [9.17, 15) is 14.4 Å². The molecule has 0 unspecified atom stereocenters. The van der Waals surface area contributed by atoms with Gasteiger partial charge in [0.05, 0.1) is 17.9 Å². The molecule has 3 heterocycles. The van der Waals surface area contributed by atoms with Gasteiger partial charge >= 0.3 is 0 Å². The Balaban J connectivity index is 1.23. The van der Waals surface area contributed by atoms with E-state index in [1.54, 1.807) is 29.2 Å². The van der Waals surface area contributed by atoms with Crippen molar-refractivity contribution in [2.24, 2.45) is 23.7 Å². The van der Waals surface area contributed by atoms with E-state index in [0.717, 1.165) is 32.4 Å². The number of nitrogens with one attached hydrogen (secondary N) is 2. The quantitative estimate of drug-likeness (QED) is 0.370. The molecule has 1 saturated carbocycles. The minimum absolute atomic E-state index is 0.0418. The third-order valence-electron chi connectivity index (χ3n) is 10.3. The Morgan fingerprint density at radius 1 is 1.09 bits per heavy atom. The average Bonchev–Trinajstić information content (AvgIpc) is 3.63. The highest BCUT2D eigenvalue weighted by Gasteiger charge is 2.72. The monoisotopic (exact) mass is 618 g/mol. The number of likely N-dealkylation sites (tertiary alicyclic amines) is 1. The number of hydrogen-bond donors (Lipinski definition) is 2. The van der Waals surface area contributed by atoms with E-state index in [-0.39, 0.29) is 23.8 Å². The number of benzene rings is 2. The minimum Gasteiger partial charge on any atom is -0.359 e. The molecule has 2 aromatic carbocycles. The van der Waals surface area contributed by atoms with Gasteiger partial charge in [-0.05, 0) is 62.0 Å². The molecular weight excluding hydrogens is 576 g/mol. The Labute approximate surface area is 265 Å². The van der Waals surface area contributed by atoms with Crippen molar-refractivity contribution in [3.05, 3.63) is 77.3 Å². The maximum absolute atomic E-state index is 14.3. The Bertz CT molecular complexity index is 1420. The van der Waals surface area contributed by atoms with Gasteiger partial charge in [-0.3, -0.25) is 14.4 Å². The molecule has 2 N–H and O–H groups in total. The van der Waals surface area contributed by atoms with Gasteiger partial charge in [-0.25, -0.2) is 0 Å². The zero-order valence-corrected chi connectivity index (χ0v) is 26.5. The molecule has 8 nitrogen and oxygen atoms in total. The Morgan fingerprint density at radius 2 is 1.89 bits per heavy atom. The van der Waals surface area contributed by atoms with Crippen LogP contribution in [-0.4, -0.2) is 71.4 Å². The molecule has 6 rings (SSSR count). The van der Waals surface area contributed by atoms with Crippen LogP contribution in [-0.2, 0) is 25.7 Å². The van der Waals surface area contributed by atoms with Crippen molar-refractivity contribution in [2.75, 3.05) is 25.5 Å². The maximum Gasteiger partial charge on any atom is 0.246 e. The van der Waals surface area contributed by atoms with E-state index < -0.39 is 29.6 Å². The number of hydrogen-bond acceptors (Lipinski definition) is 5. The second-order valence-corrected chi connectivity index (χ2v) is 13.6. The Hall–Kier alpha value is -3.20. The first-order valence-electron chi connectivity index (χ1n) is 15.9. The SMILES string of the molecule is C[C@@H]1[C@H](C)CCC[C@@H]1NC(=O)[C@@H]1N(CCCN(C)Cc2ccccc2)C(=O)[C@@H]2[C@H](C(=O)Nc3cccc(Cl)c3)[C@@H]3C=C[C@]21O3. The van der Waals surface area contributed by atoms with Crippen molar-refractivity contribution < 1.29 is 19.1 Å². The zero-order valence-electron chi connectivity index (χ0n) is 25.7. The molecule has 234 valence electrons. The normalized spacial score (nSPS) is 32.2. The van der Waals surface area contributed by atoms with Crippen molar-refractivity contribution in [3.8, 4) is 0 Å². The van der Waals surface area contributed by atoms with Gasteiger partial charge in [0.1, 0.15) is 11.6 Å². The molecule has 3 aliphatic heterocycles. The highest BCUT2D eigenvalue weighted by molar-refractivity contribution is 6.30. The van der Waals surface area contributed by atoms with E-state index in [0.29, 0.717) is 35.5 Å². The minimum atomic E-state index is -1.18. The third-order valence-corrected chi connectivity index (χ3v) is 10.5. The number of anilines is 1. The van der Waals surface area contributed by atoms with Crippen molar-refractivity contribution in [2.45, 2.75) is 69.9 Å². The number of carbonyl (C=O) groups excluding carboxylic acids is 3. The molecule has 2 aromatic rings. The van der Waals surface area contributed by atoms with Gasteiger partial charge in [0.25, 0.3) is 0 Å². The second-order valence-electron chi connectivity index (χ2n) is 13.2. The van der Waals surface area contributed by atoms with Crippen LogP contribution in [0.1, 0.15) is 45.1 Å². The number of amides is 3. The van der Waals surface area contributed by atoms with E-state index in [1.165, 1.54) is 5.56 Å². The summed E-state index contributed by atoms with van der Waals surface area (Å²) in [6, 6.07) is 16.4. The summed E-state index contributed by atoms with van der Waals surface area (Å²) >= 11 is 6.15. The fraction of sp³-hybridized carbons (Fsp3) is 0.514. The first-order valence-corrected chi connectivity index (χ1v) is 16.3. The molecule has 4 aliphatic rings. The molecule has 9 heteroatoms. The van der Waals surface area contributed by atoms with Crippen molar-refractivity contribution in [3.63, 3.8) is 0 Å². The van der Waals surface area contributed by atoms with E-state index >= 15 is 0 Å². The van der Waals surface area contributed by atoms with Gasteiger partial charge in [-0.1, -0.05) is 86.8 Å². The molecule has 2 saturated heterocycles. The molecule has 1 aliphatic carbocycles. The summed E-state index contributed by atoms with van der Waals surface area (Å²) in [6.07, 6.45) is 6.98. The van der Waals surface area contributed by atoms with Crippen LogP contribution in [0.3, 0.4) is 0 Å². The van der Waals surface area contributed by atoms with Gasteiger partial charge in [0, 0.05) is 29.8 Å². The molecule has 3 amide bonds. The molecule has 1 spiro atoms. The van der Waals surface area contributed by atoms with E-state index in [1.807, 2.05) is 30.4 Å². The summed E-state index contributed by atoms with van der Waals surface area (Å²) in [6.45, 7) is 6.38. The van der Waals surface area contributed by atoms with Crippen LogP contribution in [0.5, 0.6) is 0 Å². The van der Waals surface area contributed by atoms with Crippen LogP contribution in [0.15, 0.2) is 66.7 Å². The van der Waals surface area contributed by atoms with Crippen molar-refractivity contribution >= 4 is 35.0 Å². The summed E-state index contributed by atoms with van der Waals surface area (Å²) in [7, 11) is 2.06. The molecular formula is C35H43ClN4O4. The smallest absolute Gasteiger partial charge is 0.246 e. The number of nitrogens with zero attached hydrogens (tertiary/aromatic N) is 2. The predicted octanol–water partition coefficient (Wildman–Crippen LogP) is 4.89. The zero-order chi connectivity index (χ0) is 31.0. The highest BCUT2D eigenvalue weighted by atomic mass is 35.5. The molecule has 0 radical (unpaired) electrons. The average molecular weight is 619 g/mol. The van der Waals surface area contributed by atoms with Crippen LogP contribution < -0.4 is 10.6 Å². The number of ether oxygens (including phenoxy) is 1.